The molecule has 26 heavy (non-hydrogen) atoms. The minimum atomic E-state index is -0.541. The number of anilines is 1. The van der Waals surface area contributed by atoms with Gasteiger partial charge in [-0.25, -0.2) is 9.67 Å². The summed E-state index contributed by atoms with van der Waals surface area (Å²) in [6, 6.07) is 11.5. The molecule has 0 saturated carbocycles. The highest BCUT2D eigenvalue weighted by molar-refractivity contribution is 6.07. The van der Waals surface area contributed by atoms with Crippen molar-refractivity contribution in [2.75, 3.05) is 18.1 Å². The number of nitro benzene ring substituents is 1. The zero-order chi connectivity index (χ0) is 18.1. The van der Waals surface area contributed by atoms with Crippen LogP contribution in [0.4, 0.5) is 11.4 Å². The van der Waals surface area contributed by atoms with Crippen LogP contribution in [0.5, 0.6) is 5.75 Å². The molecule has 1 aromatic heterocycles. The van der Waals surface area contributed by atoms with Gasteiger partial charge in [0.15, 0.2) is 0 Å². The van der Waals surface area contributed by atoms with E-state index in [0.29, 0.717) is 24.6 Å². The zero-order valence-corrected chi connectivity index (χ0v) is 13.5. The van der Waals surface area contributed by atoms with Crippen LogP contribution < -0.4 is 9.64 Å². The van der Waals surface area contributed by atoms with Gasteiger partial charge in [-0.3, -0.25) is 14.9 Å². The van der Waals surface area contributed by atoms with Crippen LogP contribution in [0.3, 0.4) is 0 Å². The molecule has 9 heteroatoms. The van der Waals surface area contributed by atoms with Crippen molar-refractivity contribution in [2.24, 2.45) is 0 Å². The Morgan fingerprint density at radius 3 is 2.81 bits per heavy atom. The van der Waals surface area contributed by atoms with E-state index in [9.17, 15) is 14.9 Å². The molecule has 1 aliphatic heterocycles. The van der Waals surface area contributed by atoms with E-state index in [0.717, 1.165) is 0 Å². The lowest BCUT2D eigenvalue weighted by Crippen LogP contribution is -2.37. The van der Waals surface area contributed by atoms with Crippen molar-refractivity contribution in [3.63, 3.8) is 0 Å². The molecular weight excluding hydrogens is 338 g/mol. The summed E-state index contributed by atoms with van der Waals surface area (Å²) in [7, 11) is 0. The van der Waals surface area contributed by atoms with Crippen LogP contribution in [0.25, 0.3) is 5.69 Å². The number of carbonyl (C=O) groups is 1. The molecule has 4 rings (SSSR count). The Balaban J connectivity index is 1.74. The minimum absolute atomic E-state index is 0.220. The Morgan fingerprint density at radius 2 is 2.04 bits per heavy atom. The predicted molar refractivity (Wildman–Crippen MR) is 91.6 cm³/mol. The molecule has 2 aromatic carbocycles. The zero-order valence-electron chi connectivity index (χ0n) is 13.5. The number of nitro groups is 1. The first kappa shape index (κ1) is 15.8. The van der Waals surface area contributed by atoms with Gasteiger partial charge in [0.25, 0.3) is 11.6 Å². The molecule has 0 saturated heterocycles. The number of hydrogen-bond acceptors (Lipinski definition) is 6. The van der Waals surface area contributed by atoms with E-state index >= 15 is 0 Å². The van der Waals surface area contributed by atoms with Gasteiger partial charge in [0, 0.05) is 11.6 Å². The van der Waals surface area contributed by atoms with Crippen LogP contribution in [-0.2, 0) is 0 Å². The molecule has 0 spiro atoms. The highest BCUT2D eigenvalue weighted by Gasteiger charge is 2.27. The highest BCUT2D eigenvalue weighted by Crippen LogP contribution is 2.33. The molecule has 3 aromatic rings. The summed E-state index contributed by atoms with van der Waals surface area (Å²) >= 11 is 0. The van der Waals surface area contributed by atoms with E-state index in [1.165, 1.54) is 29.5 Å². The average molecular weight is 351 g/mol. The van der Waals surface area contributed by atoms with Crippen molar-refractivity contribution < 1.29 is 14.5 Å². The van der Waals surface area contributed by atoms with Gasteiger partial charge in [-0.15, -0.1) is 0 Å². The van der Waals surface area contributed by atoms with E-state index in [-0.39, 0.29) is 22.8 Å². The van der Waals surface area contributed by atoms with Crippen LogP contribution in [0.2, 0.25) is 0 Å². The van der Waals surface area contributed by atoms with Crippen LogP contribution in [-0.4, -0.2) is 38.7 Å². The first-order chi connectivity index (χ1) is 12.6. The first-order valence-electron chi connectivity index (χ1n) is 7.82. The molecule has 0 aliphatic carbocycles. The number of fused-ring (bicyclic) bond motifs is 1. The smallest absolute Gasteiger partial charge is 0.295 e. The van der Waals surface area contributed by atoms with Gasteiger partial charge in [0.1, 0.15) is 30.7 Å². The summed E-state index contributed by atoms with van der Waals surface area (Å²) in [6.45, 7) is 0.732. The molecule has 1 aliphatic rings. The van der Waals surface area contributed by atoms with Crippen molar-refractivity contribution in [2.45, 2.75) is 0 Å². The second-order valence-corrected chi connectivity index (χ2v) is 5.57. The van der Waals surface area contributed by atoms with Crippen molar-refractivity contribution in [3.8, 4) is 11.4 Å². The number of para-hydroxylation sites is 2. The van der Waals surface area contributed by atoms with E-state index in [4.69, 9.17) is 4.74 Å². The van der Waals surface area contributed by atoms with E-state index in [1.54, 1.807) is 23.1 Å². The third-order valence-corrected chi connectivity index (χ3v) is 4.06. The van der Waals surface area contributed by atoms with Gasteiger partial charge >= 0.3 is 0 Å². The summed E-state index contributed by atoms with van der Waals surface area (Å²) in [6.07, 6.45) is 2.65. The normalized spacial score (nSPS) is 13.0. The lowest BCUT2D eigenvalue weighted by molar-refractivity contribution is -0.384. The summed E-state index contributed by atoms with van der Waals surface area (Å²) in [5.41, 5.74) is 0.887. The maximum atomic E-state index is 12.9. The summed E-state index contributed by atoms with van der Waals surface area (Å²) < 4.78 is 6.84. The number of carbonyl (C=O) groups excluding carboxylic acids is 1. The minimum Gasteiger partial charge on any atom is -0.490 e. The molecule has 0 atom stereocenters. The summed E-state index contributed by atoms with van der Waals surface area (Å²) in [4.78, 5) is 29.2. The number of nitrogens with zero attached hydrogens (tertiary/aromatic N) is 5. The molecule has 0 fully saturated rings. The lowest BCUT2D eigenvalue weighted by Gasteiger charge is -2.29. The Hall–Kier alpha value is -3.75. The molecule has 130 valence electrons. The molecule has 0 N–H and O–H groups in total. The van der Waals surface area contributed by atoms with E-state index in [2.05, 4.69) is 10.1 Å². The van der Waals surface area contributed by atoms with Crippen molar-refractivity contribution in [1.29, 1.82) is 0 Å². The quantitative estimate of drug-likeness (QED) is 0.529. The lowest BCUT2D eigenvalue weighted by atomic mass is 10.1. The Kier molecular flexibility index (Phi) is 3.81. The van der Waals surface area contributed by atoms with Gasteiger partial charge < -0.3 is 9.64 Å². The maximum Gasteiger partial charge on any atom is 0.295 e. The fourth-order valence-electron chi connectivity index (χ4n) is 2.87. The average Bonchev–Trinajstić information content (AvgIpc) is 3.21. The number of aromatic nitrogens is 3. The van der Waals surface area contributed by atoms with Crippen molar-refractivity contribution in [3.05, 3.63) is 70.8 Å². The predicted octanol–water partition coefficient (Wildman–Crippen LogP) is 2.21. The molecule has 9 nitrogen and oxygen atoms in total. The molecular formula is C17H13N5O4. The maximum absolute atomic E-state index is 12.9. The van der Waals surface area contributed by atoms with Crippen LogP contribution in [0.15, 0.2) is 55.1 Å². The van der Waals surface area contributed by atoms with Crippen LogP contribution >= 0.6 is 0 Å². The number of ether oxygens (including phenoxy) is 1. The topological polar surface area (TPSA) is 103 Å². The largest absolute Gasteiger partial charge is 0.490 e. The number of rotatable bonds is 3. The molecule has 0 bridgehead atoms. The summed E-state index contributed by atoms with van der Waals surface area (Å²) in [5.74, 6) is 0.287. The molecule has 0 unspecified atom stereocenters. The van der Waals surface area contributed by atoms with E-state index < -0.39 is 4.92 Å². The van der Waals surface area contributed by atoms with E-state index in [1.807, 2.05) is 12.1 Å². The van der Waals surface area contributed by atoms with Gasteiger partial charge in [-0.1, -0.05) is 12.1 Å². The first-order valence-corrected chi connectivity index (χ1v) is 7.82. The molecule has 2 heterocycles. The third-order valence-electron chi connectivity index (χ3n) is 4.06. The van der Waals surface area contributed by atoms with Crippen molar-refractivity contribution in [1.82, 2.24) is 14.8 Å². The Bertz CT molecular complexity index is 987. The molecule has 0 radical (unpaired) electrons. The fraction of sp³-hybridized carbons (Fsp3) is 0.118. The number of amides is 1. The van der Waals surface area contributed by atoms with Gasteiger partial charge in [-0.05, 0) is 24.3 Å². The van der Waals surface area contributed by atoms with Gasteiger partial charge in [0.2, 0.25) is 0 Å². The second kappa shape index (κ2) is 6.28. The SMILES string of the molecule is O=C(c1ccc(-n2cncn2)c([N+](=O)[O-])c1)N1CCOc2ccccc21. The number of hydrogen-bond donors (Lipinski definition) is 0. The monoisotopic (exact) mass is 351 g/mol. The van der Waals surface area contributed by atoms with Crippen LogP contribution in [0, 0.1) is 10.1 Å². The third kappa shape index (κ3) is 2.65. The highest BCUT2D eigenvalue weighted by atomic mass is 16.6. The van der Waals surface area contributed by atoms with Gasteiger partial charge in [0.05, 0.1) is 17.2 Å². The molecule has 1 amide bonds. The van der Waals surface area contributed by atoms with Gasteiger partial charge in [-0.2, -0.15) is 5.10 Å². The Morgan fingerprint density at radius 1 is 1.19 bits per heavy atom. The number of benzene rings is 2. The summed E-state index contributed by atoms with van der Waals surface area (Å²) in [5, 5.41) is 15.4. The van der Waals surface area contributed by atoms with Crippen LogP contribution in [0.1, 0.15) is 10.4 Å². The second-order valence-electron chi connectivity index (χ2n) is 5.57. The Labute approximate surface area is 147 Å². The van der Waals surface area contributed by atoms with Crippen molar-refractivity contribution >= 4 is 17.3 Å². The fourth-order valence-corrected chi connectivity index (χ4v) is 2.87. The standard InChI is InChI=1S/C17H13N5O4/c23-17(20-7-8-26-16-4-2-1-3-14(16)20)12-5-6-13(15(9-12)22(24)25)21-11-18-10-19-21/h1-6,9-11H,7-8H2.